The number of carbonyl (C=O) groups excluding carboxylic acids is 1. The summed E-state index contributed by atoms with van der Waals surface area (Å²) in [5.41, 5.74) is 5.54. The standard InChI is InChI=1S/C19H21ClN2O2/c1-3-16(12-15-7-5-4-6-8-15)21-22-19(23)13-24-17-9-10-18(20)14(2)11-17/h4-11H,3,12-13H2,1-2H3,(H,22,23)/b21-16-. The number of ether oxygens (including phenoxy) is 1. The summed E-state index contributed by atoms with van der Waals surface area (Å²) in [6, 6.07) is 15.3. The minimum absolute atomic E-state index is 0.0904. The summed E-state index contributed by atoms with van der Waals surface area (Å²) in [4.78, 5) is 11.9. The summed E-state index contributed by atoms with van der Waals surface area (Å²) < 4.78 is 5.45. The van der Waals surface area contributed by atoms with Gasteiger partial charge in [-0.15, -0.1) is 0 Å². The number of carbonyl (C=O) groups is 1. The molecule has 0 heterocycles. The summed E-state index contributed by atoms with van der Waals surface area (Å²) >= 11 is 5.96. The third kappa shape index (κ3) is 5.70. The van der Waals surface area contributed by atoms with Crippen molar-refractivity contribution in [2.45, 2.75) is 26.7 Å². The number of nitrogens with one attached hydrogen (secondary N) is 1. The molecule has 0 aliphatic carbocycles. The second kappa shape index (κ2) is 9.08. The van der Waals surface area contributed by atoms with Gasteiger partial charge in [0.05, 0.1) is 0 Å². The van der Waals surface area contributed by atoms with Crippen LogP contribution in [0.5, 0.6) is 5.75 Å². The molecule has 0 saturated heterocycles. The summed E-state index contributed by atoms with van der Waals surface area (Å²) in [7, 11) is 0. The van der Waals surface area contributed by atoms with E-state index in [0.717, 1.165) is 24.1 Å². The summed E-state index contributed by atoms with van der Waals surface area (Å²) in [6.07, 6.45) is 1.49. The van der Waals surface area contributed by atoms with Crippen LogP contribution in [0.3, 0.4) is 0 Å². The van der Waals surface area contributed by atoms with Gasteiger partial charge >= 0.3 is 0 Å². The van der Waals surface area contributed by atoms with Gasteiger partial charge in [0.25, 0.3) is 5.91 Å². The van der Waals surface area contributed by atoms with Gasteiger partial charge in [0.2, 0.25) is 0 Å². The minimum Gasteiger partial charge on any atom is -0.484 e. The maximum absolute atomic E-state index is 11.9. The smallest absolute Gasteiger partial charge is 0.277 e. The van der Waals surface area contributed by atoms with Crippen LogP contribution in [0, 0.1) is 6.92 Å². The van der Waals surface area contributed by atoms with Crippen molar-refractivity contribution in [1.82, 2.24) is 5.43 Å². The van der Waals surface area contributed by atoms with Crippen molar-refractivity contribution in [2.75, 3.05) is 6.61 Å². The van der Waals surface area contributed by atoms with Crippen LogP contribution in [0.4, 0.5) is 0 Å². The zero-order chi connectivity index (χ0) is 17.4. The van der Waals surface area contributed by atoms with E-state index < -0.39 is 0 Å². The van der Waals surface area contributed by atoms with Gasteiger partial charge in [-0.25, -0.2) is 5.43 Å². The molecule has 1 N–H and O–H groups in total. The third-order valence-corrected chi connectivity index (χ3v) is 3.92. The predicted molar refractivity (Wildman–Crippen MR) is 97.7 cm³/mol. The van der Waals surface area contributed by atoms with Crippen molar-refractivity contribution in [3.8, 4) is 5.75 Å². The highest BCUT2D eigenvalue weighted by molar-refractivity contribution is 6.31. The fourth-order valence-electron chi connectivity index (χ4n) is 2.10. The molecule has 0 bridgehead atoms. The van der Waals surface area contributed by atoms with Gasteiger partial charge in [0, 0.05) is 17.2 Å². The molecule has 0 unspecified atom stereocenters. The number of nitrogens with zero attached hydrogens (tertiary/aromatic N) is 1. The first-order chi connectivity index (χ1) is 11.6. The second-order valence-electron chi connectivity index (χ2n) is 5.43. The van der Waals surface area contributed by atoms with Crippen molar-refractivity contribution < 1.29 is 9.53 Å². The molecule has 2 aromatic carbocycles. The molecule has 2 aromatic rings. The Morgan fingerprint density at radius 1 is 1.21 bits per heavy atom. The molecule has 0 saturated carbocycles. The number of halogens is 1. The van der Waals surface area contributed by atoms with E-state index in [-0.39, 0.29) is 12.5 Å². The van der Waals surface area contributed by atoms with Gasteiger partial charge in [-0.2, -0.15) is 5.10 Å². The van der Waals surface area contributed by atoms with Crippen molar-refractivity contribution in [3.05, 3.63) is 64.7 Å². The van der Waals surface area contributed by atoms with Crippen LogP contribution in [-0.4, -0.2) is 18.2 Å². The fraction of sp³-hybridized carbons (Fsp3) is 0.263. The highest BCUT2D eigenvalue weighted by Crippen LogP contribution is 2.20. The van der Waals surface area contributed by atoms with Crippen molar-refractivity contribution in [1.29, 1.82) is 0 Å². The Bertz CT molecular complexity index is 715. The van der Waals surface area contributed by atoms with Crippen molar-refractivity contribution >= 4 is 23.2 Å². The van der Waals surface area contributed by atoms with Crippen LogP contribution in [-0.2, 0) is 11.2 Å². The summed E-state index contributed by atoms with van der Waals surface area (Å²) in [5.74, 6) is 0.317. The molecular weight excluding hydrogens is 324 g/mol. The number of benzene rings is 2. The lowest BCUT2D eigenvalue weighted by Gasteiger charge is -2.08. The maximum Gasteiger partial charge on any atom is 0.277 e. The lowest BCUT2D eigenvalue weighted by atomic mass is 10.1. The van der Waals surface area contributed by atoms with E-state index in [4.69, 9.17) is 16.3 Å². The van der Waals surface area contributed by atoms with Crippen LogP contribution in [0.25, 0.3) is 0 Å². The average molecular weight is 345 g/mol. The van der Waals surface area contributed by atoms with Gasteiger partial charge in [-0.05, 0) is 42.7 Å². The Kier molecular flexibility index (Phi) is 6.82. The topological polar surface area (TPSA) is 50.7 Å². The van der Waals surface area contributed by atoms with Crippen LogP contribution >= 0.6 is 11.6 Å². The van der Waals surface area contributed by atoms with Crippen molar-refractivity contribution in [2.24, 2.45) is 5.10 Å². The van der Waals surface area contributed by atoms with E-state index in [9.17, 15) is 4.79 Å². The fourth-order valence-corrected chi connectivity index (χ4v) is 2.22. The highest BCUT2D eigenvalue weighted by atomic mass is 35.5. The van der Waals surface area contributed by atoms with E-state index in [1.54, 1.807) is 18.2 Å². The van der Waals surface area contributed by atoms with Gasteiger partial charge in [-0.1, -0.05) is 48.9 Å². The molecule has 0 spiro atoms. The Morgan fingerprint density at radius 3 is 2.62 bits per heavy atom. The molecule has 0 atom stereocenters. The maximum atomic E-state index is 11.9. The zero-order valence-electron chi connectivity index (χ0n) is 13.9. The largest absolute Gasteiger partial charge is 0.484 e. The summed E-state index contributed by atoms with van der Waals surface area (Å²) in [6.45, 7) is 3.81. The lowest BCUT2D eigenvalue weighted by molar-refractivity contribution is -0.123. The number of hydrogen-bond donors (Lipinski definition) is 1. The van der Waals surface area contributed by atoms with Crippen LogP contribution < -0.4 is 10.2 Å². The highest BCUT2D eigenvalue weighted by Gasteiger charge is 2.05. The normalized spacial score (nSPS) is 11.2. The molecule has 126 valence electrons. The first-order valence-corrected chi connectivity index (χ1v) is 8.23. The Morgan fingerprint density at radius 2 is 1.96 bits per heavy atom. The number of hydrogen-bond acceptors (Lipinski definition) is 3. The third-order valence-electron chi connectivity index (χ3n) is 3.50. The molecular formula is C19H21ClN2O2. The van der Waals surface area contributed by atoms with E-state index in [2.05, 4.69) is 10.5 Å². The first-order valence-electron chi connectivity index (χ1n) is 7.85. The lowest BCUT2D eigenvalue weighted by Crippen LogP contribution is -2.26. The molecule has 0 aliphatic rings. The minimum atomic E-state index is -0.290. The van der Waals surface area contributed by atoms with Crippen LogP contribution in [0.1, 0.15) is 24.5 Å². The molecule has 0 fully saturated rings. The van der Waals surface area contributed by atoms with Crippen molar-refractivity contribution in [3.63, 3.8) is 0 Å². The molecule has 2 rings (SSSR count). The van der Waals surface area contributed by atoms with E-state index in [0.29, 0.717) is 10.8 Å². The predicted octanol–water partition coefficient (Wildman–Crippen LogP) is 4.15. The number of amides is 1. The number of rotatable bonds is 7. The van der Waals surface area contributed by atoms with Gasteiger partial charge in [0.15, 0.2) is 6.61 Å². The number of aryl methyl sites for hydroxylation is 1. The first kappa shape index (κ1) is 18.0. The SMILES string of the molecule is CC/C(Cc1ccccc1)=N/NC(=O)COc1ccc(Cl)c(C)c1. The van der Waals surface area contributed by atoms with E-state index in [1.165, 1.54) is 5.56 Å². The molecule has 0 aromatic heterocycles. The molecule has 5 heteroatoms. The zero-order valence-corrected chi connectivity index (χ0v) is 14.6. The van der Waals surface area contributed by atoms with Gasteiger partial charge in [0.1, 0.15) is 5.75 Å². The molecule has 4 nitrogen and oxygen atoms in total. The molecule has 0 aliphatic heterocycles. The van der Waals surface area contributed by atoms with Gasteiger partial charge in [-0.3, -0.25) is 4.79 Å². The number of hydrazone groups is 1. The second-order valence-corrected chi connectivity index (χ2v) is 5.84. The molecule has 24 heavy (non-hydrogen) atoms. The van der Waals surface area contributed by atoms with Crippen LogP contribution in [0.15, 0.2) is 53.6 Å². The average Bonchev–Trinajstić information content (AvgIpc) is 2.60. The monoisotopic (exact) mass is 344 g/mol. The quantitative estimate of drug-likeness (QED) is 0.606. The van der Waals surface area contributed by atoms with E-state index >= 15 is 0 Å². The van der Waals surface area contributed by atoms with Crippen LogP contribution in [0.2, 0.25) is 5.02 Å². The Balaban J connectivity index is 1.85. The molecule has 1 amide bonds. The Labute approximate surface area is 147 Å². The molecule has 0 radical (unpaired) electrons. The summed E-state index contributed by atoms with van der Waals surface area (Å²) in [5, 5.41) is 4.87. The van der Waals surface area contributed by atoms with Gasteiger partial charge < -0.3 is 4.74 Å². The Hall–Kier alpha value is -2.33. The van der Waals surface area contributed by atoms with E-state index in [1.807, 2.05) is 44.2 Å².